The van der Waals surface area contributed by atoms with E-state index in [9.17, 15) is 5.26 Å². The molecule has 2 aromatic rings. The van der Waals surface area contributed by atoms with E-state index < -0.39 is 0 Å². The molecule has 0 N–H and O–H groups in total. The van der Waals surface area contributed by atoms with Crippen molar-refractivity contribution in [1.29, 1.82) is 5.26 Å². The number of aromatic nitrogens is 2. The zero-order chi connectivity index (χ0) is 12.5. The van der Waals surface area contributed by atoms with Crippen LogP contribution in [0.15, 0.2) is 24.3 Å². The molecule has 0 amide bonds. The van der Waals surface area contributed by atoms with Crippen LogP contribution in [0.2, 0.25) is 0 Å². The first kappa shape index (κ1) is 11.0. The Hall–Kier alpha value is -2.12. The van der Waals surface area contributed by atoms with Gasteiger partial charge in [-0.15, -0.1) is 0 Å². The van der Waals surface area contributed by atoms with Gasteiger partial charge in [0.25, 0.3) is 0 Å². The zero-order valence-electron chi connectivity index (χ0n) is 10.2. The molecule has 0 fully saturated rings. The number of rotatable bonds is 1. The summed E-state index contributed by atoms with van der Waals surface area (Å²) in [4.78, 5) is 0. The van der Waals surface area contributed by atoms with Crippen molar-refractivity contribution in [3.8, 4) is 11.8 Å². The summed E-state index contributed by atoms with van der Waals surface area (Å²) in [5.41, 5.74) is 4.63. The molecule has 0 saturated carbocycles. The minimum absolute atomic E-state index is 0.490. The second kappa shape index (κ2) is 4.28. The molecule has 1 aromatic heterocycles. The summed E-state index contributed by atoms with van der Waals surface area (Å²) in [6.07, 6.45) is 0.781. The first-order valence-electron chi connectivity index (χ1n) is 5.95. The zero-order valence-corrected chi connectivity index (χ0v) is 10.2. The predicted octanol–water partition coefficient (Wildman–Crippen LogP) is 2.13. The largest absolute Gasteiger partial charge is 0.376 e. The maximum absolute atomic E-state index is 9.31. The van der Waals surface area contributed by atoms with Gasteiger partial charge in [0.1, 0.15) is 11.8 Å². The summed E-state index contributed by atoms with van der Waals surface area (Å²) < 4.78 is 7.12. The van der Waals surface area contributed by atoms with E-state index in [1.165, 1.54) is 5.56 Å². The number of nitrogens with zero attached hydrogens (tertiary/aromatic N) is 3. The van der Waals surface area contributed by atoms with Gasteiger partial charge in [0.15, 0.2) is 0 Å². The van der Waals surface area contributed by atoms with Crippen molar-refractivity contribution in [2.75, 3.05) is 6.61 Å². The van der Waals surface area contributed by atoms with Gasteiger partial charge in [-0.2, -0.15) is 10.4 Å². The van der Waals surface area contributed by atoms with Crippen LogP contribution in [0.25, 0.3) is 5.69 Å². The molecule has 90 valence electrons. The molecule has 18 heavy (non-hydrogen) atoms. The second-order valence-electron chi connectivity index (χ2n) is 4.44. The lowest BCUT2D eigenvalue weighted by Crippen LogP contribution is -2.08. The summed E-state index contributed by atoms with van der Waals surface area (Å²) in [6, 6.07) is 10.2. The Kier molecular flexibility index (Phi) is 2.62. The van der Waals surface area contributed by atoms with Gasteiger partial charge >= 0.3 is 0 Å². The maximum atomic E-state index is 9.31. The van der Waals surface area contributed by atoms with E-state index >= 15 is 0 Å². The van der Waals surface area contributed by atoms with Crippen molar-refractivity contribution in [3.63, 3.8) is 0 Å². The number of nitriles is 1. The number of ether oxygens (including phenoxy) is 1. The molecule has 0 radical (unpaired) electrons. The Morgan fingerprint density at radius 1 is 1.33 bits per heavy atom. The molecule has 0 bridgehead atoms. The summed E-state index contributed by atoms with van der Waals surface area (Å²) >= 11 is 0. The Morgan fingerprint density at radius 2 is 2.11 bits per heavy atom. The summed E-state index contributed by atoms with van der Waals surface area (Å²) in [5, 5.41) is 13.8. The first-order chi connectivity index (χ1) is 8.79. The van der Waals surface area contributed by atoms with Gasteiger partial charge in [0.05, 0.1) is 24.6 Å². The average molecular weight is 239 g/mol. The molecule has 4 heteroatoms. The normalized spacial score (nSPS) is 14.0. The smallest absolute Gasteiger partial charge is 0.150 e. The van der Waals surface area contributed by atoms with Gasteiger partial charge < -0.3 is 4.74 Å². The number of benzene rings is 1. The third kappa shape index (κ3) is 1.69. The number of hydrogen-bond acceptors (Lipinski definition) is 3. The standard InChI is InChI=1S/C14H13N3O/c1-10-2-4-11(5-3-10)17-14(8-15)12-9-18-7-6-13(12)16-17/h2-5H,6-7,9H2,1H3. The highest BCUT2D eigenvalue weighted by molar-refractivity contribution is 5.44. The van der Waals surface area contributed by atoms with Crippen LogP contribution < -0.4 is 0 Å². The highest BCUT2D eigenvalue weighted by Crippen LogP contribution is 2.22. The van der Waals surface area contributed by atoms with Crippen LogP contribution in [0.5, 0.6) is 0 Å². The lowest BCUT2D eigenvalue weighted by Gasteiger charge is -2.09. The van der Waals surface area contributed by atoms with Gasteiger partial charge in [0.2, 0.25) is 0 Å². The molecular weight excluding hydrogens is 226 g/mol. The van der Waals surface area contributed by atoms with Gasteiger partial charge in [-0.25, -0.2) is 4.68 Å². The SMILES string of the molecule is Cc1ccc(-n2nc3c(c2C#N)COCC3)cc1. The quantitative estimate of drug-likeness (QED) is 0.766. The lowest BCUT2D eigenvalue weighted by atomic mass is 10.1. The van der Waals surface area contributed by atoms with Crippen LogP contribution in [0.3, 0.4) is 0 Å². The third-order valence-corrected chi connectivity index (χ3v) is 3.18. The third-order valence-electron chi connectivity index (χ3n) is 3.18. The van der Waals surface area contributed by atoms with E-state index in [1.807, 2.05) is 31.2 Å². The highest BCUT2D eigenvalue weighted by atomic mass is 16.5. The van der Waals surface area contributed by atoms with Crippen molar-refractivity contribution in [1.82, 2.24) is 9.78 Å². The molecule has 0 spiro atoms. The van der Waals surface area contributed by atoms with Crippen LogP contribution in [-0.4, -0.2) is 16.4 Å². The van der Waals surface area contributed by atoms with Crippen LogP contribution in [0, 0.1) is 18.3 Å². The van der Waals surface area contributed by atoms with E-state index in [2.05, 4.69) is 11.2 Å². The molecular formula is C14H13N3O. The van der Waals surface area contributed by atoms with Crippen molar-refractivity contribution >= 4 is 0 Å². The van der Waals surface area contributed by atoms with E-state index in [0.717, 1.165) is 23.4 Å². The molecule has 3 rings (SSSR count). The fourth-order valence-corrected chi connectivity index (χ4v) is 2.18. The Labute approximate surface area is 105 Å². The number of fused-ring (bicyclic) bond motifs is 1. The molecule has 0 atom stereocenters. The Morgan fingerprint density at radius 3 is 2.83 bits per heavy atom. The number of hydrogen-bond donors (Lipinski definition) is 0. The molecule has 4 nitrogen and oxygen atoms in total. The van der Waals surface area contributed by atoms with E-state index in [1.54, 1.807) is 4.68 Å². The Balaban J connectivity index is 2.15. The van der Waals surface area contributed by atoms with Crippen LogP contribution in [-0.2, 0) is 17.8 Å². The van der Waals surface area contributed by atoms with Gasteiger partial charge in [-0.3, -0.25) is 0 Å². The van der Waals surface area contributed by atoms with Gasteiger partial charge in [-0.1, -0.05) is 17.7 Å². The average Bonchev–Trinajstić information content (AvgIpc) is 2.78. The van der Waals surface area contributed by atoms with Crippen molar-refractivity contribution in [3.05, 3.63) is 46.8 Å². The Bertz CT molecular complexity index is 620. The molecule has 1 aliphatic heterocycles. The summed E-state index contributed by atoms with van der Waals surface area (Å²) in [5.74, 6) is 0. The molecule has 0 aliphatic carbocycles. The van der Waals surface area contributed by atoms with Crippen molar-refractivity contribution < 1.29 is 4.74 Å². The maximum Gasteiger partial charge on any atom is 0.150 e. The fraction of sp³-hybridized carbons (Fsp3) is 0.286. The summed E-state index contributed by atoms with van der Waals surface area (Å²) in [7, 11) is 0. The predicted molar refractivity (Wildman–Crippen MR) is 66.4 cm³/mol. The molecule has 1 aliphatic rings. The molecule has 0 unspecified atom stereocenters. The second-order valence-corrected chi connectivity index (χ2v) is 4.44. The minimum atomic E-state index is 0.490. The lowest BCUT2D eigenvalue weighted by molar-refractivity contribution is 0.110. The van der Waals surface area contributed by atoms with Crippen molar-refractivity contribution in [2.45, 2.75) is 20.0 Å². The first-order valence-corrected chi connectivity index (χ1v) is 5.95. The minimum Gasteiger partial charge on any atom is -0.376 e. The highest BCUT2D eigenvalue weighted by Gasteiger charge is 2.21. The molecule has 0 saturated heterocycles. The van der Waals surface area contributed by atoms with E-state index in [-0.39, 0.29) is 0 Å². The van der Waals surface area contributed by atoms with Crippen LogP contribution in [0.1, 0.15) is 22.5 Å². The topological polar surface area (TPSA) is 50.8 Å². The fourth-order valence-electron chi connectivity index (χ4n) is 2.18. The van der Waals surface area contributed by atoms with Crippen molar-refractivity contribution in [2.24, 2.45) is 0 Å². The van der Waals surface area contributed by atoms with Crippen LogP contribution >= 0.6 is 0 Å². The van der Waals surface area contributed by atoms with Gasteiger partial charge in [-0.05, 0) is 19.1 Å². The number of aryl methyl sites for hydroxylation is 1. The van der Waals surface area contributed by atoms with Crippen LogP contribution in [0.4, 0.5) is 0 Å². The van der Waals surface area contributed by atoms with Gasteiger partial charge in [0, 0.05) is 12.0 Å². The summed E-state index contributed by atoms with van der Waals surface area (Å²) in [6.45, 7) is 3.21. The van der Waals surface area contributed by atoms with E-state index in [4.69, 9.17) is 4.74 Å². The molecule has 1 aromatic carbocycles. The monoisotopic (exact) mass is 239 g/mol. The molecule has 2 heterocycles. The van der Waals surface area contributed by atoms with E-state index in [0.29, 0.717) is 18.9 Å².